The summed E-state index contributed by atoms with van der Waals surface area (Å²) in [6.45, 7) is 2.84. The van der Waals surface area contributed by atoms with Gasteiger partial charge in [-0.1, -0.05) is 48.0 Å². The second-order valence-corrected chi connectivity index (χ2v) is 6.54. The average molecular weight is 308 g/mol. The number of rotatable bonds is 3. The Morgan fingerprint density at radius 2 is 1.96 bits per heavy atom. The van der Waals surface area contributed by atoms with E-state index in [9.17, 15) is 4.79 Å². The van der Waals surface area contributed by atoms with Gasteiger partial charge in [-0.2, -0.15) is 0 Å². The van der Waals surface area contributed by atoms with Crippen LogP contribution >= 0.6 is 0 Å². The van der Waals surface area contributed by atoms with Crippen molar-refractivity contribution in [1.82, 2.24) is 4.90 Å². The topological polar surface area (TPSA) is 23.6 Å². The number of aryl methyl sites for hydroxylation is 1. The number of hydrogen-bond donors (Lipinski definition) is 0. The summed E-state index contributed by atoms with van der Waals surface area (Å²) in [5.41, 5.74) is 4.60. The normalized spacial score (nSPS) is 17.2. The van der Waals surface area contributed by atoms with Gasteiger partial charge >= 0.3 is 0 Å². The Kier molecular flexibility index (Phi) is 4.49. The number of para-hydroxylation sites is 1. The average Bonchev–Trinajstić information content (AvgIpc) is 2.53. The van der Waals surface area contributed by atoms with Crippen LogP contribution in [0.15, 0.2) is 48.5 Å². The van der Waals surface area contributed by atoms with Crippen LogP contribution in [0.5, 0.6) is 0 Å². The zero-order valence-corrected chi connectivity index (χ0v) is 14.1. The van der Waals surface area contributed by atoms with Crippen molar-refractivity contribution in [1.29, 1.82) is 0 Å². The Bertz CT molecular complexity index is 708. The molecule has 0 radical (unpaired) electrons. The number of carbonyl (C=O) groups is 1. The molecule has 0 saturated heterocycles. The van der Waals surface area contributed by atoms with E-state index in [4.69, 9.17) is 0 Å². The zero-order valence-electron chi connectivity index (χ0n) is 14.1. The zero-order chi connectivity index (χ0) is 16.4. The molecule has 1 heterocycles. The number of fused-ring (bicyclic) bond motifs is 1. The van der Waals surface area contributed by atoms with E-state index in [0.717, 1.165) is 24.2 Å². The lowest BCUT2D eigenvalue weighted by Gasteiger charge is -2.37. The van der Waals surface area contributed by atoms with Crippen molar-refractivity contribution in [3.63, 3.8) is 0 Å². The van der Waals surface area contributed by atoms with E-state index in [-0.39, 0.29) is 5.91 Å². The predicted molar refractivity (Wildman–Crippen MR) is 94.7 cm³/mol. The van der Waals surface area contributed by atoms with Crippen LogP contribution < -0.4 is 4.90 Å². The third-order valence-corrected chi connectivity index (χ3v) is 4.57. The molecule has 120 valence electrons. The largest absolute Gasteiger partial charge is 0.312 e. The third-order valence-electron chi connectivity index (χ3n) is 4.57. The molecule has 1 amide bonds. The standard InChI is InChI=1S/C20H24N2O/c1-15-7-6-8-16(13-15)14-20(23)22-12-11-18(21(2)3)17-9-4-5-10-19(17)22/h4-10,13,18H,11-12,14H2,1-3H3. The first kappa shape index (κ1) is 15.8. The van der Waals surface area contributed by atoms with Gasteiger partial charge in [0.2, 0.25) is 5.91 Å². The predicted octanol–water partition coefficient (Wildman–Crippen LogP) is 3.58. The number of hydrogen-bond acceptors (Lipinski definition) is 2. The van der Waals surface area contributed by atoms with Crippen LogP contribution in [0.25, 0.3) is 0 Å². The lowest BCUT2D eigenvalue weighted by Crippen LogP contribution is -2.40. The summed E-state index contributed by atoms with van der Waals surface area (Å²) in [4.78, 5) is 17.0. The molecule has 0 N–H and O–H groups in total. The Labute approximate surface area is 138 Å². The first-order valence-electron chi connectivity index (χ1n) is 8.17. The highest BCUT2D eigenvalue weighted by Crippen LogP contribution is 2.36. The Balaban J connectivity index is 1.85. The molecule has 0 fully saturated rings. The summed E-state index contributed by atoms with van der Waals surface area (Å²) >= 11 is 0. The van der Waals surface area contributed by atoms with E-state index < -0.39 is 0 Å². The summed E-state index contributed by atoms with van der Waals surface area (Å²) in [6, 6.07) is 16.9. The van der Waals surface area contributed by atoms with Gasteiger partial charge in [0.15, 0.2) is 0 Å². The molecule has 3 nitrogen and oxygen atoms in total. The molecule has 2 aromatic carbocycles. The van der Waals surface area contributed by atoms with Gasteiger partial charge in [-0.05, 0) is 44.6 Å². The minimum absolute atomic E-state index is 0.181. The molecule has 0 aromatic heterocycles. The fraction of sp³-hybridized carbons (Fsp3) is 0.350. The summed E-state index contributed by atoms with van der Waals surface area (Å²) in [6.07, 6.45) is 1.44. The van der Waals surface area contributed by atoms with E-state index in [1.165, 1.54) is 11.1 Å². The minimum atomic E-state index is 0.181. The van der Waals surface area contributed by atoms with Crippen LogP contribution in [0.1, 0.15) is 29.2 Å². The van der Waals surface area contributed by atoms with Gasteiger partial charge in [-0.3, -0.25) is 4.79 Å². The SMILES string of the molecule is Cc1cccc(CC(=O)N2CCC(N(C)C)c3ccccc32)c1. The van der Waals surface area contributed by atoms with Crippen LogP contribution in [0, 0.1) is 6.92 Å². The second-order valence-electron chi connectivity index (χ2n) is 6.54. The Morgan fingerprint density at radius 1 is 1.17 bits per heavy atom. The van der Waals surface area contributed by atoms with Crippen molar-refractivity contribution < 1.29 is 4.79 Å². The second kappa shape index (κ2) is 6.55. The molecule has 0 saturated carbocycles. The van der Waals surface area contributed by atoms with Gasteiger partial charge < -0.3 is 9.80 Å². The molecule has 3 rings (SSSR count). The number of benzene rings is 2. The van der Waals surface area contributed by atoms with Crippen molar-refractivity contribution >= 4 is 11.6 Å². The van der Waals surface area contributed by atoms with E-state index in [0.29, 0.717) is 12.5 Å². The summed E-state index contributed by atoms with van der Waals surface area (Å²) < 4.78 is 0. The number of amides is 1. The number of nitrogens with zero attached hydrogens (tertiary/aromatic N) is 2. The van der Waals surface area contributed by atoms with Crippen molar-refractivity contribution in [2.75, 3.05) is 25.5 Å². The maximum Gasteiger partial charge on any atom is 0.231 e. The molecule has 1 aliphatic rings. The van der Waals surface area contributed by atoms with Gasteiger partial charge in [0, 0.05) is 18.3 Å². The highest BCUT2D eigenvalue weighted by atomic mass is 16.2. The van der Waals surface area contributed by atoms with Crippen LogP contribution in [-0.2, 0) is 11.2 Å². The molecular formula is C20H24N2O. The summed E-state index contributed by atoms with van der Waals surface area (Å²) in [7, 11) is 4.21. The maximum atomic E-state index is 12.8. The maximum absolute atomic E-state index is 12.8. The lowest BCUT2D eigenvalue weighted by molar-refractivity contribution is -0.118. The Morgan fingerprint density at radius 3 is 2.70 bits per heavy atom. The highest BCUT2D eigenvalue weighted by Gasteiger charge is 2.29. The highest BCUT2D eigenvalue weighted by molar-refractivity contribution is 5.96. The number of carbonyl (C=O) groups excluding carboxylic acids is 1. The fourth-order valence-corrected chi connectivity index (χ4v) is 3.43. The van der Waals surface area contributed by atoms with Crippen molar-refractivity contribution in [3.8, 4) is 0 Å². The molecule has 2 aromatic rings. The van der Waals surface area contributed by atoms with Crippen molar-refractivity contribution in [2.45, 2.75) is 25.8 Å². The van der Waals surface area contributed by atoms with Gasteiger partial charge in [0.05, 0.1) is 6.42 Å². The molecule has 1 aliphatic heterocycles. The molecule has 0 aliphatic carbocycles. The van der Waals surface area contributed by atoms with Crippen LogP contribution in [0.4, 0.5) is 5.69 Å². The Hall–Kier alpha value is -2.13. The molecule has 23 heavy (non-hydrogen) atoms. The van der Waals surface area contributed by atoms with Gasteiger partial charge in [0.25, 0.3) is 0 Å². The van der Waals surface area contributed by atoms with Crippen molar-refractivity contribution in [3.05, 3.63) is 65.2 Å². The smallest absolute Gasteiger partial charge is 0.231 e. The van der Waals surface area contributed by atoms with Gasteiger partial charge in [-0.25, -0.2) is 0 Å². The van der Waals surface area contributed by atoms with Crippen LogP contribution in [0.3, 0.4) is 0 Å². The molecule has 1 unspecified atom stereocenters. The van der Waals surface area contributed by atoms with E-state index in [1.54, 1.807) is 0 Å². The monoisotopic (exact) mass is 308 g/mol. The van der Waals surface area contributed by atoms with E-state index >= 15 is 0 Å². The first-order chi connectivity index (χ1) is 11.1. The van der Waals surface area contributed by atoms with E-state index in [1.807, 2.05) is 23.1 Å². The van der Waals surface area contributed by atoms with Crippen LogP contribution in [0.2, 0.25) is 0 Å². The van der Waals surface area contributed by atoms with Gasteiger partial charge in [0.1, 0.15) is 0 Å². The quantitative estimate of drug-likeness (QED) is 0.865. The molecular weight excluding hydrogens is 284 g/mol. The lowest BCUT2D eigenvalue weighted by atomic mass is 9.95. The minimum Gasteiger partial charge on any atom is -0.312 e. The molecule has 3 heteroatoms. The van der Waals surface area contributed by atoms with Gasteiger partial charge in [-0.15, -0.1) is 0 Å². The summed E-state index contributed by atoms with van der Waals surface area (Å²) in [5.74, 6) is 0.181. The summed E-state index contributed by atoms with van der Waals surface area (Å²) in [5, 5.41) is 0. The molecule has 0 bridgehead atoms. The molecule has 0 spiro atoms. The van der Waals surface area contributed by atoms with Crippen LogP contribution in [-0.4, -0.2) is 31.4 Å². The molecule has 1 atom stereocenters. The first-order valence-corrected chi connectivity index (χ1v) is 8.17. The third kappa shape index (κ3) is 3.30. The van der Waals surface area contributed by atoms with E-state index in [2.05, 4.69) is 56.3 Å². The fourth-order valence-electron chi connectivity index (χ4n) is 3.43. The van der Waals surface area contributed by atoms with Crippen molar-refractivity contribution in [2.24, 2.45) is 0 Å². The number of anilines is 1.